The summed E-state index contributed by atoms with van der Waals surface area (Å²) in [5.41, 5.74) is 2.08. The number of carbonyl (C=O) groups excluding carboxylic acids is 1. The Morgan fingerprint density at radius 3 is 2.50 bits per heavy atom. The third kappa shape index (κ3) is 7.16. The zero-order valence-corrected chi connectivity index (χ0v) is 15.1. The molecule has 0 fully saturated rings. The van der Waals surface area contributed by atoms with Crippen LogP contribution in [0.3, 0.4) is 0 Å². The molecule has 24 heavy (non-hydrogen) atoms. The summed E-state index contributed by atoms with van der Waals surface area (Å²) in [4.78, 5) is 12.2. The van der Waals surface area contributed by atoms with E-state index >= 15 is 0 Å². The van der Waals surface area contributed by atoms with E-state index in [1.165, 1.54) is 5.56 Å². The van der Waals surface area contributed by atoms with E-state index < -0.39 is 0 Å². The van der Waals surface area contributed by atoms with Gasteiger partial charge in [0.25, 0.3) is 0 Å². The molecule has 0 saturated carbocycles. The molecule has 0 aliphatic rings. The van der Waals surface area contributed by atoms with Crippen molar-refractivity contribution < 1.29 is 27.3 Å². The van der Waals surface area contributed by atoms with Crippen molar-refractivity contribution in [2.45, 2.75) is 32.8 Å². The second-order valence-electron chi connectivity index (χ2n) is 5.97. The van der Waals surface area contributed by atoms with E-state index in [1.807, 2.05) is 44.2 Å². The quantitative estimate of drug-likeness (QED) is 0.507. The van der Waals surface area contributed by atoms with E-state index in [-0.39, 0.29) is 24.3 Å². The van der Waals surface area contributed by atoms with Crippen molar-refractivity contribution in [2.24, 2.45) is 0 Å². The highest BCUT2D eigenvalue weighted by atomic mass is 35.5. The van der Waals surface area contributed by atoms with E-state index in [0.29, 0.717) is 6.42 Å². The summed E-state index contributed by atoms with van der Waals surface area (Å²) >= 11 is 0. The van der Waals surface area contributed by atoms with Crippen LogP contribution in [0.15, 0.2) is 54.6 Å². The number of ether oxygens (including phenoxy) is 1. The largest absolute Gasteiger partial charge is 1.00 e. The first-order chi connectivity index (χ1) is 11.1. The molecule has 0 aliphatic carbocycles. The summed E-state index contributed by atoms with van der Waals surface area (Å²) in [7, 11) is 0. The van der Waals surface area contributed by atoms with Crippen LogP contribution in [0.1, 0.15) is 36.2 Å². The summed E-state index contributed by atoms with van der Waals surface area (Å²) < 4.78 is 5.64. The molecule has 0 aliphatic heterocycles. The predicted octanol–water partition coefficient (Wildman–Crippen LogP) is -0.143. The van der Waals surface area contributed by atoms with Gasteiger partial charge in [0, 0.05) is 12.0 Å². The molecule has 0 amide bonds. The Hall–Kier alpha value is -1.84. The first-order valence-electron chi connectivity index (χ1n) is 8.30. The van der Waals surface area contributed by atoms with Gasteiger partial charge >= 0.3 is 0 Å². The Morgan fingerprint density at radius 1 is 1.04 bits per heavy atom. The highest BCUT2D eigenvalue weighted by Crippen LogP contribution is 2.15. The molecular weight excluding hydrogens is 322 g/mol. The van der Waals surface area contributed by atoms with E-state index in [1.54, 1.807) is 0 Å². The molecular formula is C20H26ClNO2. The number of nitrogens with two attached hydrogens (primary N) is 1. The maximum atomic E-state index is 12.2. The van der Waals surface area contributed by atoms with Crippen LogP contribution >= 0.6 is 0 Å². The lowest BCUT2D eigenvalue weighted by atomic mass is 10.1. The van der Waals surface area contributed by atoms with Crippen LogP contribution in [-0.4, -0.2) is 25.0 Å². The second-order valence-corrected chi connectivity index (χ2v) is 5.97. The van der Waals surface area contributed by atoms with E-state index in [2.05, 4.69) is 29.6 Å². The number of Topliss-reactive ketones (excluding diaryl/α,β-unsaturated/α-hetero) is 1. The van der Waals surface area contributed by atoms with Crippen molar-refractivity contribution in [3.05, 3.63) is 65.7 Å². The van der Waals surface area contributed by atoms with Gasteiger partial charge in [-0.1, -0.05) is 42.5 Å². The van der Waals surface area contributed by atoms with Gasteiger partial charge in [0.05, 0.1) is 25.6 Å². The van der Waals surface area contributed by atoms with Crippen molar-refractivity contribution in [3.63, 3.8) is 0 Å². The maximum absolute atomic E-state index is 12.2. The number of halogens is 1. The molecule has 0 radical (unpaired) electrons. The van der Waals surface area contributed by atoms with Gasteiger partial charge in [-0.3, -0.25) is 4.79 Å². The lowest BCUT2D eigenvalue weighted by Crippen LogP contribution is -3.00. The highest BCUT2D eigenvalue weighted by Gasteiger charge is 2.08. The first kappa shape index (κ1) is 20.2. The topological polar surface area (TPSA) is 42.9 Å². The molecule has 2 N–H and O–H groups in total. The molecule has 0 spiro atoms. The van der Waals surface area contributed by atoms with Crippen LogP contribution in [-0.2, 0) is 6.42 Å². The average molecular weight is 348 g/mol. The van der Waals surface area contributed by atoms with Crippen LogP contribution < -0.4 is 22.5 Å². The fourth-order valence-electron chi connectivity index (χ4n) is 2.45. The average Bonchev–Trinajstić information content (AvgIpc) is 2.55. The number of quaternary nitrogens is 1. The molecule has 4 heteroatoms. The van der Waals surface area contributed by atoms with Crippen molar-refractivity contribution in [1.29, 1.82) is 0 Å². The molecule has 0 aromatic heterocycles. The minimum atomic E-state index is 0. The lowest BCUT2D eigenvalue weighted by molar-refractivity contribution is -0.653. The summed E-state index contributed by atoms with van der Waals surface area (Å²) in [5, 5.41) is 2.21. The number of hydrogen-bond donors (Lipinski definition) is 1. The van der Waals surface area contributed by atoms with Crippen LogP contribution in [0.2, 0.25) is 0 Å². The Balaban J connectivity index is 0.00000288. The van der Waals surface area contributed by atoms with Gasteiger partial charge in [-0.25, -0.2) is 0 Å². The molecule has 0 saturated heterocycles. The van der Waals surface area contributed by atoms with Gasteiger partial charge in [-0.05, 0) is 31.5 Å². The number of benzene rings is 2. The van der Waals surface area contributed by atoms with E-state index in [0.717, 1.165) is 30.8 Å². The smallest absolute Gasteiger partial charge is 0.168 e. The first-order valence-corrected chi connectivity index (χ1v) is 8.30. The van der Waals surface area contributed by atoms with Gasteiger partial charge in [0.2, 0.25) is 0 Å². The molecule has 3 nitrogen and oxygen atoms in total. The highest BCUT2D eigenvalue weighted by molar-refractivity contribution is 5.96. The number of rotatable bonds is 9. The molecule has 0 atom stereocenters. The normalized spacial score (nSPS) is 10.3. The zero-order chi connectivity index (χ0) is 16.5. The predicted molar refractivity (Wildman–Crippen MR) is 93.0 cm³/mol. The van der Waals surface area contributed by atoms with Crippen molar-refractivity contribution in [2.75, 3.05) is 13.1 Å². The van der Waals surface area contributed by atoms with Crippen molar-refractivity contribution in [3.8, 4) is 5.75 Å². The molecule has 0 bridgehead atoms. The third-order valence-corrected chi connectivity index (χ3v) is 3.58. The lowest BCUT2D eigenvalue weighted by Gasteiger charge is -2.10. The number of ketones is 1. The Bertz CT molecular complexity index is 614. The van der Waals surface area contributed by atoms with Crippen LogP contribution in [0.5, 0.6) is 5.75 Å². The molecule has 0 unspecified atom stereocenters. The minimum Gasteiger partial charge on any atom is -1.00 e. The van der Waals surface area contributed by atoms with Gasteiger partial charge in [0.15, 0.2) is 5.78 Å². The molecule has 2 aromatic rings. The summed E-state index contributed by atoms with van der Waals surface area (Å²) in [6.45, 7) is 5.79. The minimum absolute atomic E-state index is 0. The Morgan fingerprint density at radius 2 is 1.79 bits per heavy atom. The van der Waals surface area contributed by atoms with Gasteiger partial charge in [0.1, 0.15) is 5.75 Å². The summed E-state index contributed by atoms with van der Waals surface area (Å²) in [5.74, 6) is 0.939. The SMILES string of the molecule is CC(C)Oc1cccc(C(=O)CC[NH2+]CCc2ccccc2)c1.[Cl-]. The molecule has 2 aromatic carbocycles. The van der Waals surface area contributed by atoms with E-state index in [9.17, 15) is 4.79 Å². The van der Waals surface area contributed by atoms with Crippen molar-refractivity contribution >= 4 is 5.78 Å². The second kappa shape index (κ2) is 10.8. The zero-order valence-electron chi connectivity index (χ0n) is 14.4. The van der Waals surface area contributed by atoms with Gasteiger partial charge in [-0.2, -0.15) is 0 Å². The summed E-state index contributed by atoms with van der Waals surface area (Å²) in [6.07, 6.45) is 1.71. The Labute approximate surface area is 150 Å². The Kier molecular flexibility index (Phi) is 9.13. The van der Waals surface area contributed by atoms with Crippen LogP contribution in [0, 0.1) is 0 Å². The fourth-order valence-corrected chi connectivity index (χ4v) is 2.45. The van der Waals surface area contributed by atoms with Gasteiger partial charge < -0.3 is 22.5 Å². The fraction of sp³-hybridized carbons (Fsp3) is 0.350. The van der Waals surface area contributed by atoms with Crippen LogP contribution in [0.4, 0.5) is 0 Å². The molecule has 0 heterocycles. The maximum Gasteiger partial charge on any atom is 0.168 e. The monoisotopic (exact) mass is 347 g/mol. The standard InChI is InChI=1S/C20H25NO2.ClH/c1-16(2)23-19-10-6-9-18(15-19)20(22)12-14-21-13-11-17-7-4-3-5-8-17;/h3-10,15-16,21H,11-14H2,1-2H3;1H. The number of carbonyl (C=O) groups is 1. The summed E-state index contributed by atoms with van der Waals surface area (Å²) in [6, 6.07) is 17.9. The third-order valence-electron chi connectivity index (χ3n) is 3.58. The molecule has 2 rings (SSSR count). The van der Waals surface area contributed by atoms with E-state index in [4.69, 9.17) is 4.74 Å². The van der Waals surface area contributed by atoms with Crippen molar-refractivity contribution in [1.82, 2.24) is 0 Å². The van der Waals surface area contributed by atoms with Crippen LogP contribution in [0.25, 0.3) is 0 Å². The number of hydrogen-bond acceptors (Lipinski definition) is 2. The van der Waals surface area contributed by atoms with Gasteiger partial charge in [-0.15, -0.1) is 0 Å². The molecule has 130 valence electrons.